The zero-order valence-corrected chi connectivity index (χ0v) is 16.3. The number of imidazole rings is 1. The highest BCUT2D eigenvalue weighted by atomic mass is 32.2. The van der Waals surface area contributed by atoms with Gasteiger partial charge in [-0.25, -0.2) is 17.8 Å². The molecule has 3 aromatic rings. The van der Waals surface area contributed by atoms with Gasteiger partial charge in [-0.3, -0.25) is 4.57 Å². The molecule has 0 aliphatic heterocycles. The third-order valence-corrected chi connectivity index (χ3v) is 5.83. The highest BCUT2D eigenvalue weighted by Crippen LogP contribution is 2.34. The van der Waals surface area contributed by atoms with Gasteiger partial charge in [0, 0.05) is 28.6 Å². The Hall–Kier alpha value is -2.33. The van der Waals surface area contributed by atoms with Crippen molar-refractivity contribution >= 4 is 21.6 Å². The van der Waals surface area contributed by atoms with Crippen LogP contribution >= 0.6 is 11.8 Å². The molecule has 0 unspecified atom stereocenters. The molecule has 4 nitrogen and oxygen atoms in total. The number of halogens is 4. The van der Waals surface area contributed by atoms with Crippen LogP contribution in [0, 0.1) is 5.82 Å². The van der Waals surface area contributed by atoms with Crippen LogP contribution < -0.4 is 0 Å². The number of nitrogens with zero attached hydrogens (tertiary/aromatic N) is 2. The third kappa shape index (κ3) is 4.07. The normalized spacial score (nSPS) is 12.4. The van der Waals surface area contributed by atoms with Crippen molar-refractivity contribution in [1.29, 1.82) is 0 Å². The van der Waals surface area contributed by atoms with E-state index >= 15 is 0 Å². The molecule has 0 aliphatic rings. The molecule has 0 spiro atoms. The van der Waals surface area contributed by atoms with Gasteiger partial charge in [0.1, 0.15) is 11.6 Å². The Morgan fingerprint density at radius 3 is 2.25 bits per heavy atom. The Balaban J connectivity index is 2.19. The van der Waals surface area contributed by atoms with Gasteiger partial charge in [0.05, 0.1) is 4.90 Å². The number of hydrogen-bond acceptors (Lipinski definition) is 4. The summed E-state index contributed by atoms with van der Waals surface area (Å²) in [4.78, 5) is 4.01. The summed E-state index contributed by atoms with van der Waals surface area (Å²) in [6, 6.07) is 9.32. The maximum absolute atomic E-state index is 13.8. The summed E-state index contributed by atoms with van der Waals surface area (Å²) in [6.07, 6.45) is -1.16. The SMILES string of the molecule is CSc1cc(-c2nc(C(F)(F)F)cn2-c2ccc(S(C)(=O)=O)cc2)ccc1F. The summed E-state index contributed by atoms with van der Waals surface area (Å²) in [5.41, 5.74) is -0.515. The molecule has 148 valence electrons. The Labute approximate surface area is 163 Å². The van der Waals surface area contributed by atoms with E-state index in [0.717, 1.165) is 24.2 Å². The van der Waals surface area contributed by atoms with Crippen molar-refractivity contribution < 1.29 is 26.0 Å². The van der Waals surface area contributed by atoms with Crippen molar-refractivity contribution in [2.75, 3.05) is 12.5 Å². The van der Waals surface area contributed by atoms with Gasteiger partial charge in [-0.05, 0) is 48.7 Å². The molecule has 0 atom stereocenters. The second-order valence-corrected chi connectivity index (χ2v) is 8.80. The lowest BCUT2D eigenvalue weighted by Crippen LogP contribution is -2.05. The van der Waals surface area contributed by atoms with Crippen LogP contribution in [-0.4, -0.2) is 30.5 Å². The van der Waals surface area contributed by atoms with E-state index in [1.165, 1.54) is 47.0 Å². The highest BCUT2D eigenvalue weighted by Gasteiger charge is 2.35. The zero-order chi connectivity index (χ0) is 20.7. The average molecular weight is 430 g/mol. The van der Waals surface area contributed by atoms with Gasteiger partial charge in [0.25, 0.3) is 0 Å². The first-order valence-corrected chi connectivity index (χ1v) is 10.9. The number of benzene rings is 2. The maximum Gasteiger partial charge on any atom is 0.434 e. The van der Waals surface area contributed by atoms with Crippen molar-refractivity contribution in [2.45, 2.75) is 16.0 Å². The van der Waals surface area contributed by atoms with E-state index in [2.05, 4.69) is 4.98 Å². The molecular weight excluding hydrogens is 416 g/mol. The molecule has 10 heteroatoms. The predicted octanol–water partition coefficient (Wildman–Crippen LogP) is 4.82. The van der Waals surface area contributed by atoms with E-state index in [0.29, 0.717) is 11.3 Å². The quantitative estimate of drug-likeness (QED) is 0.440. The van der Waals surface area contributed by atoms with E-state index < -0.39 is 27.5 Å². The maximum atomic E-state index is 13.8. The molecule has 0 saturated carbocycles. The first kappa shape index (κ1) is 20.4. The van der Waals surface area contributed by atoms with Crippen LogP contribution in [0.4, 0.5) is 17.6 Å². The lowest BCUT2D eigenvalue weighted by molar-refractivity contribution is -0.140. The van der Waals surface area contributed by atoms with Crippen LogP contribution in [0.15, 0.2) is 58.5 Å². The van der Waals surface area contributed by atoms with E-state index in [-0.39, 0.29) is 15.6 Å². The topological polar surface area (TPSA) is 52.0 Å². The number of alkyl halides is 3. The van der Waals surface area contributed by atoms with Gasteiger partial charge < -0.3 is 0 Å². The number of thioether (sulfide) groups is 1. The zero-order valence-electron chi connectivity index (χ0n) is 14.7. The summed E-state index contributed by atoms with van der Waals surface area (Å²) in [7, 11) is -3.45. The van der Waals surface area contributed by atoms with E-state index in [9.17, 15) is 26.0 Å². The molecule has 1 heterocycles. The van der Waals surface area contributed by atoms with Crippen molar-refractivity contribution in [3.63, 3.8) is 0 Å². The Morgan fingerprint density at radius 1 is 1.07 bits per heavy atom. The van der Waals surface area contributed by atoms with E-state index in [4.69, 9.17) is 0 Å². The Morgan fingerprint density at radius 2 is 1.71 bits per heavy atom. The van der Waals surface area contributed by atoms with Crippen molar-refractivity contribution in [1.82, 2.24) is 9.55 Å². The smallest absolute Gasteiger partial charge is 0.299 e. The summed E-state index contributed by atoms with van der Waals surface area (Å²) >= 11 is 1.12. The average Bonchev–Trinajstić information content (AvgIpc) is 3.07. The molecule has 0 aliphatic carbocycles. The summed E-state index contributed by atoms with van der Waals surface area (Å²) < 4.78 is 77.8. The number of sulfone groups is 1. The second kappa shape index (κ2) is 7.25. The first-order chi connectivity index (χ1) is 13.0. The summed E-state index contributed by atoms with van der Waals surface area (Å²) in [6.45, 7) is 0. The molecule has 3 rings (SSSR count). The fraction of sp³-hybridized carbons (Fsp3) is 0.167. The molecule has 0 radical (unpaired) electrons. The monoisotopic (exact) mass is 430 g/mol. The molecule has 0 saturated heterocycles. The second-order valence-electron chi connectivity index (χ2n) is 5.93. The van der Waals surface area contributed by atoms with Crippen LogP contribution in [0.25, 0.3) is 17.1 Å². The molecule has 1 aromatic heterocycles. The molecule has 0 bridgehead atoms. The minimum absolute atomic E-state index is 0.0327. The largest absolute Gasteiger partial charge is 0.434 e. The molecule has 0 N–H and O–H groups in total. The molecule has 0 fully saturated rings. The van der Waals surface area contributed by atoms with Crippen LogP contribution in [0.1, 0.15) is 5.69 Å². The number of hydrogen-bond donors (Lipinski definition) is 0. The lowest BCUT2D eigenvalue weighted by Gasteiger charge is -2.10. The minimum Gasteiger partial charge on any atom is -0.299 e. The molecular formula is C18H14F4N2O2S2. The predicted molar refractivity (Wildman–Crippen MR) is 98.9 cm³/mol. The molecule has 0 amide bonds. The minimum atomic E-state index is -4.67. The third-order valence-electron chi connectivity index (χ3n) is 3.95. The van der Waals surface area contributed by atoms with Gasteiger partial charge >= 0.3 is 6.18 Å². The van der Waals surface area contributed by atoms with Crippen LogP contribution in [0.2, 0.25) is 0 Å². The first-order valence-electron chi connectivity index (χ1n) is 7.81. The van der Waals surface area contributed by atoms with E-state index in [1.807, 2.05) is 0 Å². The molecule has 28 heavy (non-hydrogen) atoms. The summed E-state index contributed by atoms with van der Waals surface area (Å²) in [5, 5.41) is 0. The van der Waals surface area contributed by atoms with Gasteiger partial charge in [-0.2, -0.15) is 13.2 Å². The van der Waals surface area contributed by atoms with Crippen molar-refractivity contribution in [3.8, 4) is 17.1 Å². The number of aromatic nitrogens is 2. The van der Waals surface area contributed by atoms with Crippen LogP contribution in [-0.2, 0) is 16.0 Å². The van der Waals surface area contributed by atoms with Gasteiger partial charge in [-0.15, -0.1) is 11.8 Å². The fourth-order valence-electron chi connectivity index (χ4n) is 2.57. The standard InChI is InChI=1S/C18H14F4N2O2S2/c1-27-15-9-11(3-8-14(15)19)17-23-16(18(20,21)22)10-24(17)12-4-6-13(7-5-12)28(2,25)26/h3-10H,1-2H3. The van der Waals surface area contributed by atoms with Crippen LogP contribution in [0.5, 0.6) is 0 Å². The van der Waals surface area contributed by atoms with Crippen molar-refractivity contribution in [3.05, 3.63) is 60.2 Å². The van der Waals surface area contributed by atoms with Gasteiger partial charge in [0.2, 0.25) is 0 Å². The van der Waals surface area contributed by atoms with E-state index in [1.54, 1.807) is 6.26 Å². The van der Waals surface area contributed by atoms with Gasteiger partial charge in [0.15, 0.2) is 15.5 Å². The highest BCUT2D eigenvalue weighted by molar-refractivity contribution is 7.98. The van der Waals surface area contributed by atoms with Crippen LogP contribution in [0.3, 0.4) is 0 Å². The molecule has 2 aromatic carbocycles. The fourth-order valence-corrected chi connectivity index (χ4v) is 3.71. The summed E-state index contributed by atoms with van der Waals surface area (Å²) in [5.74, 6) is -0.516. The van der Waals surface area contributed by atoms with Crippen molar-refractivity contribution in [2.24, 2.45) is 0 Å². The Kier molecular flexibility index (Phi) is 5.28. The number of rotatable bonds is 4. The lowest BCUT2D eigenvalue weighted by atomic mass is 10.2. The van der Waals surface area contributed by atoms with Gasteiger partial charge in [-0.1, -0.05) is 0 Å². The Bertz CT molecular complexity index is 1120.